The lowest BCUT2D eigenvalue weighted by atomic mass is 9.98. The van der Waals surface area contributed by atoms with Crippen molar-refractivity contribution in [3.63, 3.8) is 0 Å². The molecule has 0 aliphatic heterocycles. The summed E-state index contributed by atoms with van der Waals surface area (Å²) >= 11 is 0. The fourth-order valence-corrected chi connectivity index (χ4v) is 3.47. The van der Waals surface area contributed by atoms with Gasteiger partial charge in [-0.25, -0.2) is 0 Å². The molecule has 0 aliphatic carbocycles. The Morgan fingerprint density at radius 3 is 1.12 bits per heavy atom. The molecule has 0 spiro atoms. The van der Waals surface area contributed by atoms with Crippen LogP contribution in [0.15, 0.2) is 89.7 Å². The van der Waals surface area contributed by atoms with Gasteiger partial charge >= 0.3 is 0 Å². The monoisotopic (exact) mass is 306 g/mol. The summed E-state index contributed by atoms with van der Waals surface area (Å²) in [7, 11) is 0. The Bertz CT molecular complexity index is 1220. The molecule has 0 saturated heterocycles. The molecule has 112 valence electrons. The minimum absolute atomic E-state index is 0.0340. The standard InChI is InChI=1S/C23H14O/c24-23-7-5-17-11-21-13-19-9-15-3-1-2-4-16(15)10-20(19)14-22(21)12-18(17)6-8-23/h1-14H. The Morgan fingerprint density at radius 1 is 0.375 bits per heavy atom. The van der Waals surface area contributed by atoms with E-state index in [1.807, 2.05) is 12.1 Å². The van der Waals surface area contributed by atoms with Crippen LogP contribution in [0.1, 0.15) is 0 Å². The van der Waals surface area contributed by atoms with Gasteiger partial charge < -0.3 is 0 Å². The van der Waals surface area contributed by atoms with E-state index in [1.54, 1.807) is 12.1 Å². The SMILES string of the molecule is O=c1ccc2cc3cc4cc5ccccc5cc4cc3cc2cc1. The summed E-state index contributed by atoms with van der Waals surface area (Å²) in [4.78, 5) is 11.6. The third-order valence-electron chi connectivity index (χ3n) is 4.72. The first-order chi connectivity index (χ1) is 11.8. The Balaban J connectivity index is 1.91. The summed E-state index contributed by atoms with van der Waals surface area (Å²) in [6, 6.07) is 28.8. The Labute approximate surface area is 138 Å². The van der Waals surface area contributed by atoms with Crippen molar-refractivity contribution in [3.8, 4) is 0 Å². The first-order valence-electron chi connectivity index (χ1n) is 8.07. The second-order valence-corrected chi connectivity index (χ2v) is 6.30. The lowest BCUT2D eigenvalue weighted by molar-refractivity contribution is 1.68. The van der Waals surface area contributed by atoms with E-state index < -0.39 is 0 Å². The van der Waals surface area contributed by atoms with Crippen LogP contribution in [-0.4, -0.2) is 0 Å². The molecule has 0 saturated carbocycles. The average Bonchev–Trinajstić information content (AvgIpc) is 2.78. The molecule has 0 N–H and O–H groups in total. The van der Waals surface area contributed by atoms with Crippen molar-refractivity contribution >= 4 is 43.1 Å². The van der Waals surface area contributed by atoms with Gasteiger partial charge in [-0.2, -0.15) is 0 Å². The van der Waals surface area contributed by atoms with Crippen LogP contribution >= 0.6 is 0 Å². The summed E-state index contributed by atoms with van der Waals surface area (Å²) in [5.41, 5.74) is 0.0340. The van der Waals surface area contributed by atoms with Crippen LogP contribution in [0.25, 0.3) is 43.1 Å². The first-order valence-corrected chi connectivity index (χ1v) is 8.07. The molecule has 5 aromatic carbocycles. The average molecular weight is 306 g/mol. The van der Waals surface area contributed by atoms with Crippen molar-refractivity contribution in [1.82, 2.24) is 0 Å². The number of fused-ring (bicyclic) bond motifs is 4. The van der Waals surface area contributed by atoms with Crippen LogP contribution in [0.4, 0.5) is 0 Å². The summed E-state index contributed by atoms with van der Waals surface area (Å²) < 4.78 is 0. The Hall–Kier alpha value is -3.19. The van der Waals surface area contributed by atoms with Gasteiger partial charge in [-0.15, -0.1) is 0 Å². The van der Waals surface area contributed by atoms with E-state index >= 15 is 0 Å². The molecular formula is C23H14O. The largest absolute Gasteiger partial charge is 0.290 e. The molecule has 0 unspecified atom stereocenters. The number of benzene rings is 4. The lowest BCUT2D eigenvalue weighted by Gasteiger charge is -2.06. The first kappa shape index (κ1) is 13.3. The predicted molar refractivity (Wildman–Crippen MR) is 103 cm³/mol. The summed E-state index contributed by atoms with van der Waals surface area (Å²) in [6.45, 7) is 0. The van der Waals surface area contributed by atoms with Gasteiger partial charge in [0.05, 0.1) is 0 Å². The molecule has 0 amide bonds. The highest BCUT2D eigenvalue weighted by Crippen LogP contribution is 2.29. The van der Waals surface area contributed by atoms with Gasteiger partial charge in [0, 0.05) is 0 Å². The minimum atomic E-state index is 0.0340. The van der Waals surface area contributed by atoms with Crippen molar-refractivity contribution in [3.05, 3.63) is 95.2 Å². The molecule has 0 atom stereocenters. The normalized spacial score (nSPS) is 11.5. The van der Waals surface area contributed by atoms with Crippen LogP contribution in [-0.2, 0) is 0 Å². The van der Waals surface area contributed by atoms with Gasteiger partial charge in [0.25, 0.3) is 0 Å². The van der Waals surface area contributed by atoms with E-state index in [0.717, 1.165) is 10.8 Å². The smallest absolute Gasteiger partial charge is 0.178 e. The van der Waals surface area contributed by atoms with Gasteiger partial charge in [-0.1, -0.05) is 36.4 Å². The molecule has 0 heterocycles. The van der Waals surface area contributed by atoms with Crippen LogP contribution in [0.5, 0.6) is 0 Å². The van der Waals surface area contributed by atoms with Gasteiger partial charge in [0.15, 0.2) is 5.43 Å². The molecule has 0 bridgehead atoms. The topological polar surface area (TPSA) is 17.1 Å². The molecule has 0 aliphatic rings. The zero-order chi connectivity index (χ0) is 16.1. The molecule has 0 radical (unpaired) electrons. The van der Waals surface area contributed by atoms with Crippen LogP contribution in [0.3, 0.4) is 0 Å². The Morgan fingerprint density at radius 2 is 0.708 bits per heavy atom. The van der Waals surface area contributed by atoms with Gasteiger partial charge in [0.1, 0.15) is 0 Å². The molecule has 5 rings (SSSR count). The fraction of sp³-hybridized carbons (Fsp3) is 0. The number of hydrogen-bond acceptors (Lipinski definition) is 1. The van der Waals surface area contributed by atoms with Crippen molar-refractivity contribution in [2.45, 2.75) is 0 Å². The Kier molecular flexibility index (Phi) is 2.71. The number of rotatable bonds is 0. The maximum Gasteiger partial charge on any atom is 0.178 e. The molecule has 5 aromatic rings. The predicted octanol–water partition coefficient (Wildman–Crippen LogP) is 5.66. The van der Waals surface area contributed by atoms with E-state index in [9.17, 15) is 4.79 Å². The quantitative estimate of drug-likeness (QED) is 0.337. The van der Waals surface area contributed by atoms with Crippen molar-refractivity contribution in [1.29, 1.82) is 0 Å². The van der Waals surface area contributed by atoms with E-state index in [4.69, 9.17) is 0 Å². The highest BCUT2D eigenvalue weighted by atomic mass is 16.1. The van der Waals surface area contributed by atoms with Crippen molar-refractivity contribution < 1.29 is 0 Å². The van der Waals surface area contributed by atoms with Crippen molar-refractivity contribution in [2.75, 3.05) is 0 Å². The lowest BCUT2D eigenvalue weighted by Crippen LogP contribution is -1.87. The van der Waals surface area contributed by atoms with E-state index in [1.165, 1.54) is 32.3 Å². The molecule has 1 nitrogen and oxygen atoms in total. The van der Waals surface area contributed by atoms with Crippen LogP contribution in [0.2, 0.25) is 0 Å². The third-order valence-corrected chi connectivity index (χ3v) is 4.72. The van der Waals surface area contributed by atoms with E-state index in [2.05, 4.69) is 60.7 Å². The maximum atomic E-state index is 11.6. The maximum absolute atomic E-state index is 11.6. The highest BCUT2D eigenvalue weighted by Gasteiger charge is 2.03. The summed E-state index contributed by atoms with van der Waals surface area (Å²) in [6.07, 6.45) is 0. The van der Waals surface area contributed by atoms with E-state index in [0.29, 0.717) is 0 Å². The second-order valence-electron chi connectivity index (χ2n) is 6.30. The van der Waals surface area contributed by atoms with Gasteiger partial charge in [0.2, 0.25) is 0 Å². The van der Waals surface area contributed by atoms with Gasteiger partial charge in [-0.3, -0.25) is 4.79 Å². The minimum Gasteiger partial charge on any atom is -0.290 e. The van der Waals surface area contributed by atoms with Crippen LogP contribution in [0, 0.1) is 0 Å². The summed E-state index contributed by atoms with van der Waals surface area (Å²) in [5.74, 6) is 0. The number of hydrogen-bond donors (Lipinski definition) is 0. The molecular weight excluding hydrogens is 292 g/mol. The van der Waals surface area contributed by atoms with Crippen LogP contribution < -0.4 is 5.43 Å². The zero-order valence-corrected chi connectivity index (χ0v) is 13.0. The fourth-order valence-electron chi connectivity index (χ4n) is 3.47. The second kappa shape index (κ2) is 4.90. The van der Waals surface area contributed by atoms with Gasteiger partial charge in [-0.05, 0) is 91.6 Å². The van der Waals surface area contributed by atoms with E-state index in [-0.39, 0.29) is 5.43 Å². The molecule has 1 heteroatoms. The highest BCUT2D eigenvalue weighted by molar-refractivity contribution is 6.07. The zero-order valence-electron chi connectivity index (χ0n) is 13.0. The van der Waals surface area contributed by atoms with Crippen molar-refractivity contribution in [2.24, 2.45) is 0 Å². The summed E-state index contributed by atoms with van der Waals surface area (Å²) in [5, 5.41) is 9.57. The molecule has 24 heavy (non-hydrogen) atoms. The molecule has 0 aromatic heterocycles. The third kappa shape index (κ3) is 2.06. The molecule has 0 fully saturated rings.